The van der Waals surface area contributed by atoms with Crippen molar-refractivity contribution in [2.24, 2.45) is 5.92 Å². The average Bonchev–Trinajstić information content (AvgIpc) is 2.60. The summed E-state index contributed by atoms with van der Waals surface area (Å²) in [5.41, 5.74) is 1.10. The van der Waals surface area contributed by atoms with Crippen LogP contribution in [0, 0.1) is 9.49 Å². The lowest BCUT2D eigenvalue weighted by molar-refractivity contribution is -0.118. The van der Waals surface area contributed by atoms with Crippen molar-refractivity contribution in [1.29, 1.82) is 0 Å². The summed E-state index contributed by atoms with van der Waals surface area (Å²) < 4.78 is 11.6. The van der Waals surface area contributed by atoms with Gasteiger partial charge in [-0.1, -0.05) is 19.9 Å². The molecule has 2 aromatic rings. The van der Waals surface area contributed by atoms with Crippen LogP contribution in [0.1, 0.15) is 13.8 Å². The maximum Gasteiger partial charge on any atom is 0.411 e. The summed E-state index contributed by atoms with van der Waals surface area (Å²) in [7, 11) is 0. The average molecular weight is 468 g/mol. The van der Waals surface area contributed by atoms with E-state index in [0.29, 0.717) is 23.7 Å². The first kappa shape index (κ1) is 20.0. The Morgan fingerprint density at radius 3 is 2.35 bits per heavy atom. The van der Waals surface area contributed by atoms with E-state index in [9.17, 15) is 9.59 Å². The zero-order valence-corrected chi connectivity index (χ0v) is 16.8. The van der Waals surface area contributed by atoms with Crippen LogP contribution in [0.5, 0.6) is 5.75 Å². The van der Waals surface area contributed by atoms with Crippen molar-refractivity contribution in [3.8, 4) is 5.75 Å². The molecule has 2 amide bonds. The predicted octanol–water partition coefficient (Wildman–Crippen LogP) is 4.51. The highest BCUT2D eigenvalue weighted by atomic mass is 127. The molecule has 7 heteroatoms. The number of carbonyl (C=O) groups excluding carboxylic acids is 2. The minimum Gasteiger partial charge on any atom is -0.484 e. The first-order chi connectivity index (χ1) is 12.4. The SMILES string of the molecule is CC(C)COC(=O)Nc1cccc(NC(=O)COc2ccc(I)cc2)c1. The molecule has 26 heavy (non-hydrogen) atoms. The van der Waals surface area contributed by atoms with Crippen LogP contribution >= 0.6 is 22.6 Å². The monoisotopic (exact) mass is 468 g/mol. The summed E-state index contributed by atoms with van der Waals surface area (Å²) in [6.07, 6.45) is -0.524. The standard InChI is InChI=1S/C19H21IN2O4/c1-13(2)11-26-19(24)22-16-5-3-4-15(10-16)21-18(23)12-25-17-8-6-14(20)7-9-17/h3-10,13H,11-12H2,1-2H3,(H,21,23)(H,22,24). The number of hydrogen-bond donors (Lipinski definition) is 2. The molecule has 0 aliphatic rings. The van der Waals surface area contributed by atoms with E-state index in [1.54, 1.807) is 24.3 Å². The molecule has 2 N–H and O–H groups in total. The summed E-state index contributed by atoms with van der Waals surface area (Å²) in [6, 6.07) is 14.3. The second-order valence-electron chi connectivity index (χ2n) is 5.99. The highest BCUT2D eigenvalue weighted by molar-refractivity contribution is 14.1. The topological polar surface area (TPSA) is 76.7 Å². The Labute approximate surface area is 166 Å². The van der Waals surface area contributed by atoms with Gasteiger partial charge in [0.25, 0.3) is 5.91 Å². The molecule has 0 aliphatic heterocycles. The molecule has 6 nitrogen and oxygen atoms in total. The zero-order valence-electron chi connectivity index (χ0n) is 14.6. The van der Waals surface area contributed by atoms with Gasteiger partial charge >= 0.3 is 6.09 Å². The van der Waals surface area contributed by atoms with Gasteiger partial charge in [-0.15, -0.1) is 0 Å². The van der Waals surface area contributed by atoms with Crippen LogP contribution in [0.15, 0.2) is 48.5 Å². The largest absolute Gasteiger partial charge is 0.484 e. The fourth-order valence-electron chi connectivity index (χ4n) is 1.95. The first-order valence-corrected chi connectivity index (χ1v) is 9.22. The smallest absolute Gasteiger partial charge is 0.411 e. The fraction of sp³-hybridized carbons (Fsp3) is 0.263. The van der Waals surface area contributed by atoms with Crippen LogP contribution in [-0.4, -0.2) is 25.2 Å². The molecule has 0 heterocycles. The quantitative estimate of drug-likeness (QED) is 0.587. The maximum atomic E-state index is 12.0. The Hall–Kier alpha value is -2.29. The number of rotatable bonds is 7. The van der Waals surface area contributed by atoms with Gasteiger partial charge in [-0.25, -0.2) is 4.79 Å². The van der Waals surface area contributed by atoms with E-state index in [1.807, 2.05) is 38.1 Å². The van der Waals surface area contributed by atoms with Gasteiger partial charge in [-0.2, -0.15) is 0 Å². The van der Waals surface area contributed by atoms with Crippen LogP contribution in [0.4, 0.5) is 16.2 Å². The molecule has 0 radical (unpaired) electrons. The lowest BCUT2D eigenvalue weighted by Gasteiger charge is -2.11. The molecule has 2 aromatic carbocycles. The Morgan fingerprint density at radius 1 is 1.04 bits per heavy atom. The van der Waals surface area contributed by atoms with Crippen molar-refractivity contribution in [3.63, 3.8) is 0 Å². The van der Waals surface area contributed by atoms with E-state index in [4.69, 9.17) is 9.47 Å². The van der Waals surface area contributed by atoms with Gasteiger partial charge in [0.05, 0.1) is 6.61 Å². The van der Waals surface area contributed by atoms with E-state index < -0.39 is 6.09 Å². The van der Waals surface area contributed by atoms with Gasteiger partial charge in [0.2, 0.25) is 0 Å². The van der Waals surface area contributed by atoms with E-state index in [1.165, 1.54) is 0 Å². The second kappa shape index (κ2) is 10.0. The molecule has 0 saturated heterocycles. The molecule has 2 rings (SSSR count). The summed E-state index contributed by atoms with van der Waals surface area (Å²) in [5, 5.41) is 5.36. The fourth-order valence-corrected chi connectivity index (χ4v) is 2.31. The van der Waals surface area contributed by atoms with Crippen LogP contribution in [0.3, 0.4) is 0 Å². The van der Waals surface area contributed by atoms with Gasteiger partial charge < -0.3 is 14.8 Å². The number of hydrogen-bond acceptors (Lipinski definition) is 4. The second-order valence-corrected chi connectivity index (χ2v) is 7.23. The molecular weight excluding hydrogens is 447 g/mol. The van der Waals surface area contributed by atoms with Crippen molar-refractivity contribution in [2.75, 3.05) is 23.8 Å². The third kappa shape index (κ3) is 7.30. The molecule has 0 saturated carbocycles. The summed E-state index contributed by atoms with van der Waals surface area (Å²) in [6.45, 7) is 4.16. The number of amides is 2. The van der Waals surface area contributed by atoms with E-state index >= 15 is 0 Å². The lowest BCUT2D eigenvalue weighted by Crippen LogP contribution is -2.20. The minimum atomic E-state index is -0.524. The normalized spacial score (nSPS) is 10.3. The molecule has 0 aromatic heterocycles. The van der Waals surface area contributed by atoms with Crippen LogP contribution in [0.2, 0.25) is 0 Å². The number of carbonyl (C=O) groups is 2. The van der Waals surface area contributed by atoms with Gasteiger partial charge in [0, 0.05) is 14.9 Å². The van der Waals surface area contributed by atoms with Gasteiger partial charge in [-0.3, -0.25) is 10.1 Å². The van der Waals surface area contributed by atoms with Crippen molar-refractivity contribution >= 4 is 46.0 Å². The van der Waals surface area contributed by atoms with E-state index in [0.717, 1.165) is 3.57 Å². The zero-order chi connectivity index (χ0) is 18.9. The van der Waals surface area contributed by atoms with Crippen molar-refractivity contribution in [3.05, 3.63) is 52.1 Å². The Bertz CT molecular complexity index is 747. The number of anilines is 2. The van der Waals surface area contributed by atoms with Crippen molar-refractivity contribution in [1.82, 2.24) is 0 Å². The Balaban J connectivity index is 1.84. The van der Waals surface area contributed by atoms with Crippen molar-refractivity contribution < 1.29 is 19.1 Å². The highest BCUT2D eigenvalue weighted by Crippen LogP contribution is 2.16. The molecule has 0 aliphatic carbocycles. The highest BCUT2D eigenvalue weighted by Gasteiger charge is 2.07. The number of nitrogens with one attached hydrogen (secondary N) is 2. The molecule has 0 bridgehead atoms. The number of halogens is 1. The van der Waals surface area contributed by atoms with Crippen LogP contribution < -0.4 is 15.4 Å². The Morgan fingerprint density at radius 2 is 1.69 bits per heavy atom. The maximum absolute atomic E-state index is 12.0. The summed E-state index contributed by atoms with van der Waals surface area (Å²) in [5.74, 6) is 0.603. The van der Waals surface area contributed by atoms with E-state index in [-0.39, 0.29) is 18.4 Å². The lowest BCUT2D eigenvalue weighted by atomic mass is 10.2. The first-order valence-electron chi connectivity index (χ1n) is 8.14. The van der Waals surface area contributed by atoms with Gasteiger partial charge in [-0.05, 0) is 71.0 Å². The summed E-state index contributed by atoms with van der Waals surface area (Å²) >= 11 is 2.20. The molecule has 0 atom stereocenters. The third-order valence-electron chi connectivity index (χ3n) is 3.12. The summed E-state index contributed by atoms with van der Waals surface area (Å²) in [4.78, 5) is 23.7. The number of ether oxygens (including phenoxy) is 2. The van der Waals surface area contributed by atoms with Crippen molar-refractivity contribution in [2.45, 2.75) is 13.8 Å². The van der Waals surface area contributed by atoms with Crippen LogP contribution in [-0.2, 0) is 9.53 Å². The molecule has 0 unspecified atom stereocenters. The van der Waals surface area contributed by atoms with E-state index in [2.05, 4.69) is 33.2 Å². The minimum absolute atomic E-state index is 0.103. The molecule has 0 fully saturated rings. The Kier molecular flexibility index (Phi) is 7.71. The van der Waals surface area contributed by atoms with Gasteiger partial charge in [0.1, 0.15) is 5.75 Å². The predicted molar refractivity (Wildman–Crippen MR) is 110 cm³/mol. The molecule has 138 valence electrons. The van der Waals surface area contributed by atoms with Gasteiger partial charge in [0.15, 0.2) is 6.61 Å². The molecular formula is C19H21IN2O4. The number of benzene rings is 2. The van der Waals surface area contributed by atoms with Crippen LogP contribution in [0.25, 0.3) is 0 Å². The third-order valence-corrected chi connectivity index (χ3v) is 3.84. The molecule has 0 spiro atoms.